The van der Waals surface area contributed by atoms with Crippen LogP contribution in [0, 0.1) is 0 Å². The van der Waals surface area contributed by atoms with E-state index >= 15 is 0 Å². The van der Waals surface area contributed by atoms with Crippen LogP contribution in [-0.2, 0) is 12.8 Å². The summed E-state index contributed by atoms with van der Waals surface area (Å²) in [6, 6.07) is 0. The normalized spacial score (nSPS) is 24.4. The largest absolute Gasteiger partial charge is 0.354 e. The van der Waals surface area contributed by atoms with E-state index in [9.17, 15) is 0 Å². The van der Waals surface area contributed by atoms with E-state index in [2.05, 4.69) is 10.6 Å². The number of anilines is 1. The number of nitrogens with one attached hydrogen (secondary N) is 2. The van der Waals surface area contributed by atoms with Gasteiger partial charge in [-0.1, -0.05) is 12.2 Å². The molecule has 2 nitrogen and oxygen atoms in total. The maximum atomic E-state index is 5.62. The van der Waals surface area contributed by atoms with Gasteiger partial charge >= 0.3 is 0 Å². The Morgan fingerprint density at radius 2 is 1.88 bits per heavy atom. The highest BCUT2D eigenvalue weighted by molar-refractivity contribution is 7.80. The average Bonchev–Trinajstić information content (AvgIpc) is 2.93. The van der Waals surface area contributed by atoms with E-state index in [0.29, 0.717) is 0 Å². The third-order valence-corrected chi connectivity index (χ3v) is 5.82. The van der Waals surface area contributed by atoms with Crippen molar-refractivity contribution in [3.8, 4) is 0 Å². The number of thiocarbonyl (C=S) groups is 1. The Morgan fingerprint density at radius 3 is 2.71 bits per heavy atom. The van der Waals surface area contributed by atoms with Crippen molar-refractivity contribution in [3.63, 3.8) is 0 Å². The van der Waals surface area contributed by atoms with Crippen LogP contribution in [0.2, 0.25) is 0 Å². The lowest BCUT2D eigenvalue weighted by Crippen LogP contribution is -2.55. The molecule has 90 valence electrons. The lowest BCUT2D eigenvalue weighted by molar-refractivity contribution is 0.446. The molecule has 1 fully saturated rings. The monoisotopic (exact) mass is 264 g/mol. The Hall–Kier alpha value is -0.610. The Bertz CT molecular complexity index is 498. The Kier molecular flexibility index (Phi) is 2.10. The van der Waals surface area contributed by atoms with Gasteiger partial charge in [0.1, 0.15) is 15.7 Å². The van der Waals surface area contributed by atoms with Crippen molar-refractivity contribution in [2.24, 2.45) is 0 Å². The summed E-state index contributed by atoms with van der Waals surface area (Å²) in [5, 5.41) is 8.69. The molecule has 0 amide bonds. The Morgan fingerprint density at radius 1 is 1.06 bits per heavy atom. The zero-order chi connectivity index (χ0) is 11.5. The van der Waals surface area contributed by atoms with Gasteiger partial charge in [-0.2, -0.15) is 0 Å². The summed E-state index contributed by atoms with van der Waals surface area (Å²) in [7, 11) is 0. The summed E-state index contributed by atoms with van der Waals surface area (Å²) < 4.78 is 0. The summed E-state index contributed by atoms with van der Waals surface area (Å²) in [6.45, 7) is 0. The highest BCUT2D eigenvalue weighted by atomic mass is 32.1. The fraction of sp³-hybridized carbons (Fsp3) is 0.615. The number of rotatable bonds is 0. The molecule has 0 radical (unpaired) electrons. The van der Waals surface area contributed by atoms with Gasteiger partial charge in [-0.05, 0) is 50.5 Å². The fourth-order valence-electron chi connectivity index (χ4n) is 3.49. The Labute approximate surface area is 111 Å². The van der Waals surface area contributed by atoms with Crippen LogP contribution in [0.15, 0.2) is 0 Å². The molecular formula is C13H16N2S2. The smallest absolute Gasteiger partial charge is 0.111 e. The highest BCUT2D eigenvalue weighted by Gasteiger charge is 2.40. The quantitative estimate of drug-likeness (QED) is 0.704. The number of fused-ring (bicyclic) bond motifs is 3. The average molecular weight is 264 g/mol. The van der Waals surface area contributed by atoms with Gasteiger partial charge in [-0.15, -0.1) is 11.3 Å². The molecule has 2 aliphatic carbocycles. The molecule has 3 aliphatic rings. The molecule has 1 aromatic rings. The first-order valence-corrected chi connectivity index (χ1v) is 7.75. The van der Waals surface area contributed by atoms with Gasteiger partial charge in [0.25, 0.3) is 0 Å². The first kappa shape index (κ1) is 10.3. The zero-order valence-corrected chi connectivity index (χ0v) is 11.4. The molecule has 0 saturated heterocycles. The van der Waals surface area contributed by atoms with Crippen LogP contribution in [0.1, 0.15) is 48.1 Å². The van der Waals surface area contributed by atoms with Gasteiger partial charge < -0.3 is 10.6 Å². The molecule has 1 aromatic heterocycles. The lowest BCUT2D eigenvalue weighted by Gasteiger charge is -2.37. The first-order valence-electron chi connectivity index (χ1n) is 6.53. The van der Waals surface area contributed by atoms with Crippen LogP contribution in [0.3, 0.4) is 0 Å². The first-order chi connectivity index (χ1) is 8.27. The molecule has 4 heteroatoms. The van der Waals surface area contributed by atoms with E-state index in [1.165, 1.54) is 61.1 Å². The third-order valence-electron chi connectivity index (χ3n) is 4.31. The van der Waals surface area contributed by atoms with Crippen LogP contribution < -0.4 is 10.6 Å². The number of aryl methyl sites for hydroxylation is 1. The third kappa shape index (κ3) is 1.40. The standard InChI is InChI=1S/C13H16N2S2/c16-11-10-8-4-3-5-9(8)17-12(10)15-13(14-11)6-1-2-7-13/h15H,1-7H2,(H,14,16). The number of hydrogen-bond acceptors (Lipinski definition) is 3. The van der Waals surface area contributed by atoms with E-state index in [0.717, 1.165) is 4.99 Å². The topological polar surface area (TPSA) is 24.1 Å². The predicted octanol–water partition coefficient (Wildman–Crippen LogP) is 3.20. The number of thiophene rings is 1. The van der Waals surface area contributed by atoms with E-state index in [1.807, 2.05) is 11.3 Å². The summed E-state index contributed by atoms with van der Waals surface area (Å²) >= 11 is 7.57. The molecule has 1 saturated carbocycles. The second kappa shape index (κ2) is 3.45. The minimum atomic E-state index is 0.0860. The lowest BCUT2D eigenvalue weighted by atomic mass is 10.0. The van der Waals surface area contributed by atoms with Crippen LogP contribution in [0.25, 0.3) is 0 Å². The van der Waals surface area contributed by atoms with Crippen molar-refractivity contribution in [2.75, 3.05) is 5.32 Å². The Balaban J connectivity index is 1.80. The maximum Gasteiger partial charge on any atom is 0.111 e. The second-order valence-electron chi connectivity index (χ2n) is 5.43. The predicted molar refractivity (Wildman–Crippen MR) is 76.0 cm³/mol. The second-order valence-corrected chi connectivity index (χ2v) is 6.94. The molecule has 1 aliphatic heterocycles. The zero-order valence-electron chi connectivity index (χ0n) is 9.77. The molecule has 0 atom stereocenters. The van der Waals surface area contributed by atoms with Gasteiger partial charge in [0.05, 0.1) is 0 Å². The van der Waals surface area contributed by atoms with Gasteiger partial charge in [0.15, 0.2) is 0 Å². The van der Waals surface area contributed by atoms with Crippen molar-refractivity contribution < 1.29 is 0 Å². The van der Waals surface area contributed by atoms with Gasteiger partial charge in [-0.25, -0.2) is 0 Å². The summed E-state index contributed by atoms with van der Waals surface area (Å²) in [5.74, 6) is 0. The van der Waals surface area contributed by atoms with Crippen molar-refractivity contribution in [1.29, 1.82) is 0 Å². The molecule has 0 bridgehead atoms. The SMILES string of the molecule is S=C1NC2(CCCC2)Nc2sc3c(c21)CCC3. The molecular weight excluding hydrogens is 248 g/mol. The van der Waals surface area contributed by atoms with E-state index in [4.69, 9.17) is 12.2 Å². The van der Waals surface area contributed by atoms with Crippen LogP contribution >= 0.6 is 23.6 Å². The summed E-state index contributed by atoms with van der Waals surface area (Å²) in [5.41, 5.74) is 2.95. The molecule has 2 heterocycles. The minimum Gasteiger partial charge on any atom is -0.354 e. The van der Waals surface area contributed by atoms with E-state index < -0.39 is 0 Å². The van der Waals surface area contributed by atoms with Crippen LogP contribution in [-0.4, -0.2) is 10.7 Å². The van der Waals surface area contributed by atoms with Crippen molar-refractivity contribution in [2.45, 2.75) is 50.6 Å². The van der Waals surface area contributed by atoms with Gasteiger partial charge in [0, 0.05) is 10.4 Å². The molecule has 4 rings (SSSR count). The molecule has 2 N–H and O–H groups in total. The summed E-state index contributed by atoms with van der Waals surface area (Å²) in [6.07, 6.45) is 8.81. The van der Waals surface area contributed by atoms with E-state index in [-0.39, 0.29) is 5.66 Å². The molecule has 0 aromatic carbocycles. The van der Waals surface area contributed by atoms with Crippen LogP contribution in [0.5, 0.6) is 0 Å². The fourth-order valence-corrected chi connectivity index (χ4v) is 5.37. The van der Waals surface area contributed by atoms with Gasteiger partial charge in [-0.3, -0.25) is 0 Å². The van der Waals surface area contributed by atoms with Crippen molar-refractivity contribution in [1.82, 2.24) is 5.32 Å². The maximum absolute atomic E-state index is 5.62. The molecule has 17 heavy (non-hydrogen) atoms. The number of hydrogen-bond donors (Lipinski definition) is 2. The molecule has 0 unspecified atom stereocenters. The van der Waals surface area contributed by atoms with Gasteiger partial charge in [0.2, 0.25) is 0 Å². The molecule has 1 spiro atoms. The minimum absolute atomic E-state index is 0.0860. The van der Waals surface area contributed by atoms with E-state index in [1.54, 1.807) is 4.88 Å². The van der Waals surface area contributed by atoms with Crippen molar-refractivity contribution in [3.05, 3.63) is 16.0 Å². The highest BCUT2D eigenvalue weighted by Crippen LogP contribution is 2.44. The van der Waals surface area contributed by atoms with Crippen molar-refractivity contribution >= 4 is 33.5 Å². The summed E-state index contributed by atoms with van der Waals surface area (Å²) in [4.78, 5) is 2.57. The van der Waals surface area contributed by atoms with Crippen LogP contribution in [0.4, 0.5) is 5.00 Å².